The van der Waals surface area contributed by atoms with Crippen molar-refractivity contribution in [1.82, 2.24) is 4.98 Å². The number of aromatic nitrogens is 1. The molecule has 0 aliphatic carbocycles. The highest BCUT2D eigenvalue weighted by Gasteiger charge is 2.10. The number of rotatable bonds is 4. The minimum atomic E-state index is -1.82. The lowest BCUT2D eigenvalue weighted by molar-refractivity contribution is 0.0526. The van der Waals surface area contributed by atoms with Crippen LogP contribution in [0.25, 0.3) is 6.08 Å². The Hall–Kier alpha value is -1.78. The molecule has 3 nitrogen and oxygen atoms in total. The van der Waals surface area contributed by atoms with Crippen molar-refractivity contribution in [3.05, 3.63) is 35.2 Å². The number of carbonyl (C=O) groups is 1. The molecule has 1 heterocycles. The van der Waals surface area contributed by atoms with Gasteiger partial charge in [-0.25, -0.2) is 4.79 Å². The normalized spacial score (nSPS) is 9.88. The quantitative estimate of drug-likeness (QED) is 0.760. The second-order valence-electron chi connectivity index (χ2n) is 3.27. The number of carbonyl (C=O) groups excluding carboxylic acids is 1. The topological polar surface area (TPSA) is 39.2 Å². The van der Waals surface area contributed by atoms with Crippen molar-refractivity contribution in [2.75, 3.05) is 6.61 Å². The Morgan fingerprint density at radius 2 is 2.18 bits per heavy atom. The lowest BCUT2D eigenvalue weighted by Gasteiger charge is -2.05. The molecule has 0 atom stereocenters. The largest absolute Gasteiger partial charge is 0.462 e. The van der Waals surface area contributed by atoms with Crippen LogP contribution in [0.15, 0.2) is 18.3 Å². The predicted octanol–water partition coefficient (Wildman–Crippen LogP) is 3.06. The van der Waals surface area contributed by atoms with Gasteiger partial charge in [-0.1, -0.05) is 6.92 Å². The Labute approximate surface area is 98.1 Å². The molecular formula is C12H13F2NO2. The highest BCUT2D eigenvalue weighted by Crippen LogP contribution is 2.16. The summed E-state index contributed by atoms with van der Waals surface area (Å²) in [7, 11) is 0. The van der Waals surface area contributed by atoms with E-state index in [1.807, 2.05) is 0 Å². The number of hydrogen-bond donors (Lipinski definition) is 0. The van der Waals surface area contributed by atoms with Crippen LogP contribution in [-0.2, 0) is 11.2 Å². The zero-order valence-corrected chi connectivity index (χ0v) is 9.67. The maximum atomic E-state index is 12.2. The van der Waals surface area contributed by atoms with E-state index in [2.05, 4.69) is 4.98 Å². The van der Waals surface area contributed by atoms with E-state index in [1.165, 1.54) is 12.3 Å². The maximum Gasteiger partial charge on any atom is 0.339 e. The molecule has 0 N–H and O–H groups in total. The van der Waals surface area contributed by atoms with E-state index in [0.717, 1.165) is 0 Å². The molecule has 92 valence electrons. The second kappa shape index (κ2) is 6.08. The number of ether oxygens (including phenoxy) is 1. The first-order valence-corrected chi connectivity index (χ1v) is 5.27. The zero-order chi connectivity index (χ0) is 12.8. The molecule has 17 heavy (non-hydrogen) atoms. The van der Waals surface area contributed by atoms with E-state index in [-0.39, 0.29) is 17.7 Å². The summed E-state index contributed by atoms with van der Waals surface area (Å²) in [5.74, 6) is -0.559. The molecule has 0 aliphatic rings. The fourth-order valence-electron chi connectivity index (χ4n) is 1.37. The summed E-state index contributed by atoms with van der Waals surface area (Å²) in [5, 5.41) is 0. The van der Waals surface area contributed by atoms with Crippen molar-refractivity contribution in [3.8, 4) is 0 Å². The van der Waals surface area contributed by atoms with Gasteiger partial charge < -0.3 is 4.74 Å². The Morgan fingerprint density at radius 1 is 1.47 bits per heavy atom. The zero-order valence-electron chi connectivity index (χ0n) is 9.67. The third-order valence-corrected chi connectivity index (χ3v) is 2.11. The Balaban J connectivity index is 3.13. The summed E-state index contributed by atoms with van der Waals surface area (Å²) in [4.78, 5) is 15.4. The van der Waals surface area contributed by atoms with E-state index in [0.29, 0.717) is 18.2 Å². The van der Waals surface area contributed by atoms with Gasteiger partial charge in [-0.2, -0.15) is 8.78 Å². The number of halogens is 2. The van der Waals surface area contributed by atoms with Crippen LogP contribution in [0.1, 0.15) is 35.5 Å². The van der Waals surface area contributed by atoms with Gasteiger partial charge in [-0.05, 0) is 19.4 Å². The second-order valence-corrected chi connectivity index (χ2v) is 3.27. The molecule has 0 radical (unpaired) electrons. The molecule has 1 rings (SSSR count). The molecule has 0 aliphatic heterocycles. The van der Waals surface area contributed by atoms with Crippen molar-refractivity contribution in [2.24, 2.45) is 0 Å². The van der Waals surface area contributed by atoms with Crippen molar-refractivity contribution in [1.29, 1.82) is 0 Å². The van der Waals surface area contributed by atoms with Crippen LogP contribution >= 0.6 is 0 Å². The van der Waals surface area contributed by atoms with E-state index < -0.39 is 12.0 Å². The Bertz CT molecular complexity index is 440. The lowest BCUT2D eigenvalue weighted by Crippen LogP contribution is -2.06. The summed E-state index contributed by atoms with van der Waals surface area (Å²) < 4.78 is 29.2. The molecule has 0 amide bonds. The molecule has 1 aromatic heterocycles. The number of esters is 1. The molecule has 5 heteroatoms. The first-order chi connectivity index (χ1) is 8.08. The third-order valence-electron chi connectivity index (χ3n) is 2.11. The first-order valence-electron chi connectivity index (χ1n) is 5.27. The van der Waals surface area contributed by atoms with Gasteiger partial charge in [0.2, 0.25) is 0 Å². The maximum absolute atomic E-state index is 12.2. The van der Waals surface area contributed by atoms with Gasteiger partial charge in [0.1, 0.15) is 0 Å². The molecule has 0 fully saturated rings. The van der Waals surface area contributed by atoms with E-state index >= 15 is 0 Å². The number of aryl methyl sites for hydroxylation is 1. The van der Waals surface area contributed by atoms with E-state index in [4.69, 9.17) is 4.74 Å². The lowest BCUT2D eigenvalue weighted by atomic mass is 10.1. The van der Waals surface area contributed by atoms with Gasteiger partial charge in [0.15, 0.2) is 0 Å². The third kappa shape index (κ3) is 3.62. The monoisotopic (exact) mass is 241 g/mol. The summed E-state index contributed by atoms with van der Waals surface area (Å²) in [6.45, 7) is 3.71. The van der Waals surface area contributed by atoms with Gasteiger partial charge in [0.05, 0.1) is 12.2 Å². The average molecular weight is 241 g/mol. The number of pyridine rings is 1. The SMILES string of the molecule is CCOC(=O)c1cnc(CC)c(C=C(F)F)c1. The molecule has 1 aromatic rings. The smallest absolute Gasteiger partial charge is 0.339 e. The van der Waals surface area contributed by atoms with Gasteiger partial charge in [-0.3, -0.25) is 4.98 Å². The van der Waals surface area contributed by atoms with Crippen molar-refractivity contribution in [3.63, 3.8) is 0 Å². The van der Waals surface area contributed by atoms with Crippen LogP contribution in [0.2, 0.25) is 0 Å². The minimum absolute atomic E-state index is 0.177. The average Bonchev–Trinajstić information content (AvgIpc) is 2.28. The summed E-state index contributed by atoms with van der Waals surface area (Å²) in [6.07, 6.45) is 0.740. The fourth-order valence-corrected chi connectivity index (χ4v) is 1.37. The summed E-state index contributed by atoms with van der Waals surface area (Å²) in [6, 6.07) is 1.36. The van der Waals surface area contributed by atoms with Gasteiger partial charge in [-0.15, -0.1) is 0 Å². The van der Waals surface area contributed by atoms with Gasteiger partial charge >= 0.3 is 5.97 Å². The molecule has 0 spiro atoms. The van der Waals surface area contributed by atoms with E-state index in [9.17, 15) is 13.6 Å². The fraction of sp³-hybridized carbons (Fsp3) is 0.333. The number of hydrogen-bond acceptors (Lipinski definition) is 3. The molecule has 0 unspecified atom stereocenters. The highest BCUT2D eigenvalue weighted by molar-refractivity contribution is 5.89. The minimum Gasteiger partial charge on any atom is -0.462 e. The van der Waals surface area contributed by atoms with Crippen LogP contribution in [0.3, 0.4) is 0 Å². The Kier molecular flexibility index (Phi) is 4.75. The molecule has 0 saturated carbocycles. The molecule has 0 saturated heterocycles. The Morgan fingerprint density at radius 3 is 2.71 bits per heavy atom. The highest BCUT2D eigenvalue weighted by atomic mass is 19.3. The van der Waals surface area contributed by atoms with Crippen LogP contribution in [0.5, 0.6) is 0 Å². The van der Waals surface area contributed by atoms with Crippen LogP contribution < -0.4 is 0 Å². The summed E-state index contributed by atoms with van der Waals surface area (Å²) >= 11 is 0. The molecule has 0 aromatic carbocycles. The van der Waals surface area contributed by atoms with E-state index in [1.54, 1.807) is 13.8 Å². The van der Waals surface area contributed by atoms with Crippen molar-refractivity contribution in [2.45, 2.75) is 20.3 Å². The van der Waals surface area contributed by atoms with Gasteiger partial charge in [0.25, 0.3) is 6.08 Å². The van der Waals surface area contributed by atoms with Crippen molar-refractivity contribution < 1.29 is 18.3 Å². The molecular weight excluding hydrogens is 228 g/mol. The predicted molar refractivity (Wildman–Crippen MR) is 59.8 cm³/mol. The van der Waals surface area contributed by atoms with Gasteiger partial charge in [0, 0.05) is 23.5 Å². The molecule has 0 bridgehead atoms. The number of nitrogens with zero attached hydrogens (tertiary/aromatic N) is 1. The first kappa shape index (κ1) is 13.3. The van der Waals surface area contributed by atoms with Crippen LogP contribution in [0, 0.1) is 0 Å². The van der Waals surface area contributed by atoms with Crippen molar-refractivity contribution >= 4 is 12.0 Å². The standard InChI is InChI=1S/C12H13F2NO2/c1-3-10-8(6-11(13)14)5-9(7-15-10)12(16)17-4-2/h5-7H,3-4H2,1-2H3. The van der Waals surface area contributed by atoms with Crippen LogP contribution in [-0.4, -0.2) is 17.6 Å². The summed E-state index contributed by atoms with van der Waals surface area (Å²) in [5.41, 5.74) is 0.945. The van der Waals surface area contributed by atoms with Crippen LogP contribution in [0.4, 0.5) is 8.78 Å².